The summed E-state index contributed by atoms with van der Waals surface area (Å²) in [6, 6.07) is 4.18. The van der Waals surface area contributed by atoms with E-state index in [1.165, 1.54) is 36.6 Å². The van der Waals surface area contributed by atoms with Crippen LogP contribution >= 0.6 is 11.3 Å². The van der Waals surface area contributed by atoms with Crippen LogP contribution in [-0.2, 0) is 16.0 Å². The highest BCUT2D eigenvalue weighted by Gasteiger charge is 2.14. The van der Waals surface area contributed by atoms with Crippen LogP contribution in [0.15, 0.2) is 23.6 Å². The molecule has 0 atom stereocenters. The number of nitrogens with one attached hydrogen (secondary N) is 2. The van der Waals surface area contributed by atoms with Gasteiger partial charge in [0.25, 0.3) is 0 Å². The van der Waals surface area contributed by atoms with Gasteiger partial charge in [-0.1, -0.05) is 13.8 Å². The Morgan fingerprint density at radius 2 is 2.00 bits per heavy atom. The van der Waals surface area contributed by atoms with Gasteiger partial charge in [0.1, 0.15) is 5.75 Å². The van der Waals surface area contributed by atoms with Gasteiger partial charge < -0.3 is 20.5 Å². The van der Waals surface area contributed by atoms with E-state index < -0.39 is 5.97 Å². The predicted molar refractivity (Wildman–Crippen MR) is 97.9 cm³/mol. The number of methoxy groups -OCH3 is 1. The number of aromatic carboxylic acids is 1. The molecule has 3 N–H and O–H groups in total. The molecule has 0 spiro atoms. The number of rotatable bonds is 7. The lowest BCUT2D eigenvalue weighted by Gasteiger charge is -2.10. The van der Waals surface area contributed by atoms with E-state index in [1.807, 2.05) is 0 Å². The van der Waals surface area contributed by atoms with E-state index in [9.17, 15) is 14.4 Å². The first-order chi connectivity index (χ1) is 12.3. The third-order valence-electron chi connectivity index (χ3n) is 3.37. The molecule has 1 aromatic carbocycles. The van der Waals surface area contributed by atoms with E-state index in [-0.39, 0.29) is 35.5 Å². The van der Waals surface area contributed by atoms with E-state index in [1.54, 1.807) is 19.2 Å². The summed E-state index contributed by atoms with van der Waals surface area (Å²) >= 11 is 1.24. The quantitative estimate of drug-likeness (QED) is 0.683. The number of thiazole rings is 1. The van der Waals surface area contributed by atoms with Crippen LogP contribution in [0.3, 0.4) is 0 Å². The van der Waals surface area contributed by atoms with Gasteiger partial charge in [0.05, 0.1) is 30.5 Å². The topological polar surface area (TPSA) is 118 Å². The van der Waals surface area contributed by atoms with E-state index in [2.05, 4.69) is 15.6 Å². The Morgan fingerprint density at radius 1 is 1.27 bits per heavy atom. The molecule has 9 heteroatoms. The molecule has 1 heterocycles. The Kier molecular flexibility index (Phi) is 6.29. The van der Waals surface area contributed by atoms with E-state index >= 15 is 0 Å². The summed E-state index contributed by atoms with van der Waals surface area (Å²) in [5.74, 6) is -1.47. The molecule has 8 nitrogen and oxygen atoms in total. The van der Waals surface area contributed by atoms with Crippen molar-refractivity contribution >= 4 is 39.9 Å². The smallest absolute Gasteiger partial charge is 0.335 e. The van der Waals surface area contributed by atoms with Crippen molar-refractivity contribution in [3.63, 3.8) is 0 Å². The summed E-state index contributed by atoms with van der Waals surface area (Å²) in [6.07, 6.45) is 0.0118. The molecule has 0 bridgehead atoms. The van der Waals surface area contributed by atoms with Gasteiger partial charge in [0, 0.05) is 11.3 Å². The van der Waals surface area contributed by atoms with Crippen molar-refractivity contribution in [1.82, 2.24) is 4.98 Å². The van der Waals surface area contributed by atoms with Gasteiger partial charge >= 0.3 is 5.97 Å². The monoisotopic (exact) mass is 377 g/mol. The number of hydrogen-bond donors (Lipinski definition) is 3. The van der Waals surface area contributed by atoms with Gasteiger partial charge in [-0.3, -0.25) is 9.59 Å². The normalized spacial score (nSPS) is 10.5. The van der Waals surface area contributed by atoms with Crippen LogP contribution in [0.5, 0.6) is 5.75 Å². The zero-order valence-corrected chi connectivity index (χ0v) is 15.3. The van der Waals surface area contributed by atoms with Gasteiger partial charge in [0.15, 0.2) is 5.13 Å². The molecule has 1 aromatic heterocycles. The van der Waals surface area contributed by atoms with Crippen molar-refractivity contribution in [3.8, 4) is 5.75 Å². The highest BCUT2D eigenvalue weighted by Crippen LogP contribution is 2.26. The number of hydrogen-bond acceptors (Lipinski definition) is 6. The molecule has 138 valence electrons. The Hall–Kier alpha value is -2.94. The van der Waals surface area contributed by atoms with Gasteiger partial charge in [-0.25, -0.2) is 9.78 Å². The lowest BCUT2D eigenvalue weighted by Crippen LogP contribution is -2.18. The van der Waals surface area contributed by atoms with Gasteiger partial charge in [-0.2, -0.15) is 0 Å². The minimum absolute atomic E-state index is 0.0118. The molecular formula is C17H19N3O5S. The largest absolute Gasteiger partial charge is 0.495 e. The van der Waals surface area contributed by atoms with Crippen molar-refractivity contribution in [2.24, 2.45) is 5.92 Å². The Balaban J connectivity index is 2.02. The van der Waals surface area contributed by atoms with Gasteiger partial charge in [0.2, 0.25) is 11.8 Å². The SMILES string of the molecule is COc1cc(C(=O)O)ccc1NC(=O)Cc1csc(NC(=O)C(C)C)n1. The lowest BCUT2D eigenvalue weighted by atomic mass is 10.2. The molecule has 0 aliphatic carbocycles. The first kappa shape index (κ1) is 19.4. The van der Waals surface area contributed by atoms with Crippen LogP contribution in [-0.4, -0.2) is 35.0 Å². The summed E-state index contributed by atoms with van der Waals surface area (Å²) in [5.41, 5.74) is 0.948. The van der Waals surface area contributed by atoms with Crippen LogP contribution < -0.4 is 15.4 Å². The van der Waals surface area contributed by atoms with Crippen molar-refractivity contribution in [1.29, 1.82) is 0 Å². The van der Waals surface area contributed by atoms with Crippen LogP contribution in [0.2, 0.25) is 0 Å². The van der Waals surface area contributed by atoms with Crippen LogP contribution in [0.1, 0.15) is 29.9 Å². The first-order valence-electron chi connectivity index (χ1n) is 7.76. The van der Waals surface area contributed by atoms with Crippen LogP contribution in [0.25, 0.3) is 0 Å². The number of carboxylic acids is 1. The zero-order valence-electron chi connectivity index (χ0n) is 14.5. The van der Waals surface area contributed by atoms with Crippen molar-refractivity contribution in [3.05, 3.63) is 34.8 Å². The molecule has 2 aromatic rings. The molecule has 0 aliphatic heterocycles. The third-order valence-corrected chi connectivity index (χ3v) is 4.18. The van der Waals surface area contributed by atoms with Gasteiger partial charge in [-0.05, 0) is 18.2 Å². The second kappa shape index (κ2) is 8.43. The molecule has 2 amide bonds. The third kappa shape index (κ3) is 5.03. The molecule has 0 saturated heterocycles. The summed E-state index contributed by atoms with van der Waals surface area (Å²) < 4.78 is 5.12. The van der Waals surface area contributed by atoms with E-state index in [0.29, 0.717) is 16.5 Å². The number of benzene rings is 1. The number of nitrogens with zero attached hydrogens (tertiary/aromatic N) is 1. The predicted octanol–water partition coefficient (Wildman–Crippen LogP) is 2.63. The maximum Gasteiger partial charge on any atom is 0.335 e. The molecule has 0 saturated carbocycles. The number of carbonyl (C=O) groups is 3. The average Bonchev–Trinajstić information content (AvgIpc) is 3.01. The molecule has 26 heavy (non-hydrogen) atoms. The lowest BCUT2D eigenvalue weighted by molar-refractivity contribution is -0.119. The average molecular weight is 377 g/mol. The molecular weight excluding hydrogens is 358 g/mol. The van der Waals surface area contributed by atoms with Crippen LogP contribution in [0.4, 0.5) is 10.8 Å². The fraction of sp³-hybridized carbons (Fsp3) is 0.294. The molecule has 2 rings (SSSR count). The van der Waals surface area contributed by atoms with E-state index in [0.717, 1.165) is 0 Å². The van der Waals surface area contributed by atoms with Gasteiger partial charge in [-0.15, -0.1) is 11.3 Å². The first-order valence-corrected chi connectivity index (χ1v) is 8.64. The highest BCUT2D eigenvalue weighted by atomic mass is 32.1. The Bertz CT molecular complexity index is 832. The molecule has 0 radical (unpaired) electrons. The standard InChI is InChI=1S/C17H19N3O5S/c1-9(2)15(22)20-17-18-11(8-26-17)7-14(21)19-12-5-4-10(16(23)24)6-13(12)25-3/h4-6,8-9H,7H2,1-3H3,(H,19,21)(H,23,24)(H,18,20,22). The maximum atomic E-state index is 12.2. The Labute approximate surface area is 154 Å². The highest BCUT2D eigenvalue weighted by molar-refractivity contribution is 7.13. The number of aromatic nitrogens is 1. The summed E-state index contributed by atoms with van der Waals surface area (Å²) in [5, 5.41) is 16.5. The number of amides is 2. The Morgan fingerprint density at radius 3 is 2.62 bits per heavy atom. The second-order valence-electron chi connectivity index (χ2n) is 5.73. The fourth-order valence-corrected chi connectivity index (χ4v) is 2.69. The summed E-state index contributed by atoms with van der Waals surface area (Å²) in [6.45, 7) is 3.56. The van der Waals surface area contributed by atoms with E-state index in [4.69, 9.17) is 9.84 Å². The minimum atomic E-state index is -1.08. The number of ether oxygens (including phenoxy) is 1. The maximum absolute atomic E-state index is 12.2. The molecule has 0 unspecified atom stereocenters. The number of carbonyl (C=O) groups excluding carboxylic acids is 2. The minimum Gasteiger partial charge on any atom is -0.495 e. The van der Waals surface area contributed by atoms with Crippen molar-refractivity contribution in [2.45, 2.75) is 20.3 Å². The zero-order chi connectivity index (χ0) is 19.3. The van der Waals surface area contributed by atoms with Crippen molar-refractivity contribution < 1.29 is 24.2 Å². The van der Waals surface area contributed by atoms with Crippen molar-refractivity contribution in [2.75, 3.05) is 17.7 Å². The summed E-state index contributed by atoms with van der Waals surface area (Å²) in [4.78, 5) is 39.0. The summed E-state index contributed by atoms with van der Waals surface area (Å²) in [7, 11) is 1.39. The molecule has 0 aliphatic rings. The second-order valence-corrected chi connectivity index (χ2v) is 6.59. The molecule has 0 fully saturated rings. The number of anilines is 2. The fourth-order valence-electron chi connectivity index (χ4n) is 1.98. The number of carboxylic acid groups (broad SMARTS) is 1. The van der Waals surface area contributed by atoms with Crippen LogP contribution in [0, 0.1) is 5.92 Å².